The summed E-state index contributed by atoms with van der Waals surface area (Å²) < 4.78 is 6.44. The monoisotopic (exact) mass is 326 g/mol. The van der Waals surface area contributed by atoms with Crippen LogP contribution in [0.25, 0.3) is 0 Å². The molecule has 102 valence electrons. The number of benzene rings is 1. The van der Waals surface area contributed by atoms with Crippen molar-refractivity contribution in [2.75, 3.05) is 5.32 Å². The van der Waals surface area contributed by atoms with Gasteiger partial charge in [-0.05, 0) is 35.0 Å². The SMILES string of the molecule is CC(C)C1(C)Oc2c(Br)cc(C(N)=O)cc2NC1=O. The zero-order valence-electron chi connectivity index (χ0n) is 10.9. The van der Waals surface area contributed by atoms with Crippen LogP contribution in [-0.2, 0) is 4.79 Å². The molecule has 1 aliphatic heterocycles. The summed E-state index contributed by atoms with van der Waals surface area (Å²) in [5.41, 5.74) is 5.06. The van der Waals surface area contributed by atoms with Crippen molar-refractivity contribution < 1.29 is 14.3 Å². The van der Waals surface area contributed by atoms with E-state index in [0.29, 0.717) is 21.5 Å². The number of amides is 2. The van der Waals surface area contributed by atoms with E-state index in [1.165, 1.54) is 6.07 Å². The second-order valence-corrected chi connectivity index (χ2v) is 5.87. The summed E-state index contributed by atoms with van der Waals surface area (Å²) in [6, 6.07) is 3.10. The molecule has 0 aromatic heterocycles. The Kier molecular flexibility index (Phi) is 3.30. The lowest BCUT2D eigenvalue weighted by Crippen LogP contribution is -2.52. The summed E-state index contributed by atoms with van der Waals surface area (Å²) in [5.74, 6) is -0.275. The number of anilines is 1. The molecular formula is C13H15BrN2O3. The molecule has 6 heteroatoms. The van der Waals surface area contributed by atoms with Gasteiger partial charge in [0.1, 0.15) is 0 Å². The fraction of sp³-hybridized carbons (Fsp3) is 0.385. The van der Waals surface area contributed by atoms with Crippen LogP contribution in [0, 0.1) is 5.92 Å². The van der Waals surface area contributed by atoms with E-state index in [0.717, 1.165) is 0 Å². The van der Waals surface area contributed by atoms with Gasteiger partial charge in [0.05, 0.1) is 10.2 Å². The Bertz CT molecular complexity index is 571. The summed E-state index contributed by atoms with van der Waals surface area (Å²) in [4.78, 5) is 23.3. The predicted molar refractivity (Wildman–Crippen MR) is 75.2 cm³/mol. The standard InChI is InChI=1S/C13H15BrN2O3/c1-6(2)13(3)12(18)16-9-5-7(11(15)17)4-8(14)10(9)19-13/h4-6H,1-3H3,(H2,15,17)(H,16,18). The molecular weight excluding hydrogens is 312 g/mol. The lowest BCUT2D eigenvalue weighted by Gasteiger charge is -2.38. The zero-order valence-corrected chi connectivity index (χ0v) is 12.5. The minimum absolute atomic E-state index is 0.00312. The van der Waals surface area contributed by atoms with Crippen molar-refractivity contribution in [2.45, 2.75) is 26.4 Å². The number of rotatable bonds is 2. The molecule has 0 fully saturated rings. The molecule has 19 heavy (non-hydrogen) atoms. The molecule has 1 aromatic rings. The number of nitrogens with one attached hydrogen (secondary N) is 1. The minimum Gasteiger partial charge on any atom is -0.474 e. The third-order valence-corrected chi connectivity index (χ3v) is 4.03. The van der Waals surface area contributed by atoms with Gasteiger partial charge in [-0.2, -0.15) is 0 Å². The van der Waals surface area contributed by atoms with Gasteiger partial charge in [0.25, 0.3) is 5.91 Å². The molecule has 0 saturated carbocycles. The smallest absolute Gasteiger partial charge is 0.268 e. The van der Waals surface area contributed by atoms with E-state index < -0.39 is 11.5 Å². The lowest BCUT2D eigenvalue weighted by atomic mass is 9.89. The Morgan fingerprint density at radius 1 is 1.47 bits per heavy atom. The van der Waals surface area contributed by atoms with Gasteiger partial charge in [-0.15, -0.1) is 0 Å². The molecule has 0 spiro atoms. The Morgan fingerprint density at radius 2 is 2.11 bits per heavy atom. The molecule has 1 heterocycles. The van der Waals surface area contributed by atoms with Gasteiger partial charge in [-0.1, -0.05) is 13.8 Å². The van der Waals surface area contributed by atoms with Gasteiger partial charge in [-0.25, -0.2) is 0 Å². The largest absolute Gasteiger partial charge is 0.474 e. The van der Waals surface area contributed by atoms with Crippen LogP contribution in [0.3, 0.4) is 0 Å². The topological polar surface area (TPSA) is 81.4 Å². The Hall–Kier alpha value is -1.56. The number of carbonyl (C=O) groups is 2. The van der Waals surface area contributed by atoms with Crippen LogP contribution < -0.4 is 15.8 Å². The van der Waals surface area contributed by atoms with E-state index in [-0.39, 0.29) is 11.8 Å². The molecule has 1 unspecified atom stereocenters. The summed E-state index contributed by atoms with van der Waals surface area (Å²) in [6.45, 7) is 5.57. The maximum absolute atomic E-state index is 12.1. The van der Waals surface area contributed by atoms with Crippen LogP contribution in [0.4, 0.5) is 5.69 Å². The number of hydrogen-bond acceptors (Lipinski definition) is 3. The molecule has 3 N–H and O–H groups in total. The van der Waals surface area contributed by atoms with Gasteiger partial charge in [0.2, 0.25) is 5.91 Å². The Morgan fingerprint density at radius 3 is 2.63 bits per heavy atom. The van der Waals surface area contributed by atoms with E-state index in [4.69, 9.17) is 10.5 Å². The molecule has 0 bridgehead atoms. The number of primary amides is 1. The van der Waals surface area contributed by atoms with Crippen molar-refractivity contribution in [2.24, 2.45) is 11.7 Å². The summed E-state index contributed by atoms with van der Waals surface area (Å²) in [7, 11) is 0. The van der Waals surface area contributed by atoms with E-state index in [1.54, 1.807) is 13.0 Å². The molecule has 0 radical (unpaired) electrons. The summed E-state index contributed by atoms with van der Waals surface area (Å²) in [5, 5.41) is 2.77. The minimum atomic E-state index is -0.941. The van der Waals surface area contributed by atoms with E-state index in [9.17, 15) is 9.59 Å². The Balaban J connectivity index is 2.53. The number of carbonyl (C=O) groups excluding carboxylic acids is 2. The first-order valence-electron chi connectivity index (χ1n) is 5.89. The quantitative estimate of drug-likeness (QED) is 0.874. The predicted octanol–water partition coefficient (Wildman–Crippen LogP) is 2.29. The zero-order chi connectivity index (χ0) is 14.4. The molecule has 1 atom stereocenters. The third kappa shape index (κ3) is 2.20. The average molecular weight is 327 g/mol. The Labute approximate surface area is 119 Å². The maximum Gasteiger partial charge on any atom is 0.268 e. The van der Waals surface area contributed by atoms with Crippen LogP contribution in [0.1, 0.15) is 31.1 Å². The highest BCUT2D eigenvalue weighted by atomic mass is 79.9. The average Bonchev–Trinajstić information content (AvgIpc) is 2.31. The number of halogens is 1. The highest BCUT2D eigenvalue weighted by molar-refractivity contribution is 9.10. The van der Waals surface area contributed by atoms with Gasteiger partial charge < -0.3 is 15.8 Å². The second-order valence-electron chi connectivity index (χ2n) is 5.02. The van der Waals surface area contributed by atoms with E-state index in [2.05, 4.69) is 21.2 Å². The van der Waals surface area contributed by atoms with Crippen LogP contribution in [0.5, 0.6) is 5.75 Å². The molecule has 2 rings (SSSR count). The van der Waals surface area contributed by atoms with Crippen molar-refractivity contribution in [1.29, 1.82) is 0 Å². The highest BCUT2D eigenvalue weighted by Gasteiger charge is 2.43. The molecule has 0 aliphatic carbocycles. The first-order valence-corrected chi connectivity index (χ1v) is 6.69. The van der Waals surface area contributed by atoms with Crippen LogP contribution in [-0.4, -0.2) is 17.4 Å². The first-order chi connectivity index (χ1) is 8.75. The molecule has 1 aliphatic rings. The molecule has 5 nitrogen and oxygen atoms in total. The number of ether oxygens (including phenoxy) is 1. The van der Waals surface area contributed by atoms with Crippen molar-refractivity contribution in [3.8, 4) is 5.75 Å². The third-order valence-electron chi connectivity index (χ3n) is 3.44. The van der Waals surface area contributed by atoms with Crippen molar-refractivity contribution in [3.63, 3.8) is 0 Å². The van der Waals surface area contributed by atoms with Crippen LogP contribution >= 0.6 is 15.9 Å². The lowest BCUT2D eigenvalue weighted by molar-refractivity contribution is -0.134. The maximum atomic E-state index is 12.1. The van der Waals surface area contributed by atoms with Crippen molar-refractivity contribution >= 4 is 33.4 Å². The summed E-state index contributed by atoms with van der Waals surface area (Å²) >= 11 is 3.34. The molecule has 2 amide bonds. The number of hydrogen-bond donors (Lipinski definition) is 2. The van der Waals surface area contributed by atoms with Gasteiger partial charge >= 0.3 is 0 Å². The van der Waals surface area contributed by atoms with Crippen molar-refractivity contribution in [3.05, 3.63) is 22.2 Å². The first kappa shape index (κ1) is 13.9. The van der Waals surface area contributed by atoms with Gasteiger partial charge in [0, 0.05) is 11.5 Å². The molecule has 1 aromatic carbocycles. The van der Waals surface area contributed by atoms with Gasteiger partial charge in [-0.3, -0.25) is 9.59 Å². The van der Waals surface area contributed by atoms with Crippen molar-refractivity contribution in [1.82, 2.24) is 0 Å². The second kappa shape index (κ2) is 4.52. The van der Waals surface area contributed by atoms with E-state index in [1.807, 2.05) is 13.8 Å². The van der Waals surface area contributed by atoms with Gasteiger partial charge in [0.15, 0.2) is 11.4 Å². The summed E-state index contributed by atoms with van der Waals surface area (Å²) in [6.07, 6.45) is 0. The van der Waals surface area contributed by atoms with Crippen LogP contribution in [0.15, 0.2) is 16.6 Å². The number of nitrogens with two attached hydrogens (primary N) is 1. The number of fused-ring (bicyclic) bond motifs is 1. The fourth-order valence-electron chi connectivity index (χ4n) is 1.82. The van der Waals surface area contributed by atoms with E-state index >= 15 is 0 Å². The molecule has 0 saturated heterocycles. The normalized spacial score (nSPS) is 21.6. The van der Waals surface area contributed by atoms with Crippen LogP contribution in [0.2, 0.25) is 0 Å². The fourth-order valence-corrected chi connectivity index (χ4v) is 2.36. The highest BCUT2D eigenvalue weighted by Crippen LogP contribution is 2.42.